The molecule has 3 nitrogen and oxygen atoms in total. The fraction of sp³-hybridized carbons (Fsp3) is 0.739. The van der Waals surface area contributed by atoms with Gasteiger partial charge in [0.15, 0.2) is 16.6 Å². The van der Waals surface area contributed by atoms with Crippen molar-refractivity contribution in [3.8, 4) is 0 Å². The highest BCUT2D eigenvalue weighted by molar-refractivity contribution is 6.74. The molecule has 1 rings (SSSR count). The summed E-state index contributed by atoms with van der Waals surface area (Å²) < 4.78 is 13.1. The molecule has 1 aliphatic rings. The summed E-state index contributed by atoms with van der Waals surface area (Å²) >= 11 is 0. The van der Waals surface area contributed by atoms with Crippen LogP contribution in [0.4, 0.5) is 0 Å². The topological polar surface area (TPSA) is 38.7 Å². The maximum Gasteiger partial charge on any atom is 0.192 e. The Hall–Kier alpha value is -0.466. The zero-order valence-electron chi connectivity index (χ0n) is 20.0. The molecule has 1 N–H and O–H groups in total. The Labute approximate surface area is 176 Å². The van der Waals surface area contributed by atoms with Crippen LogP contribution in [-0.4, -0.2) is 40.6 Å². The van der Waals surface area contributed by atoms with E-state index in [2.05, 4.69) is 80.4 Å². The van der Waals surface area contributed by atoms with Crippen LogP contribution in [0.15, 0.2) is 36.0 Å². The van der Waals surface area contributed by atoms with Gasteiger partial charge in [0.2, 0.25) is 0 Å². The first-order valence-corrected chi connectivity index (χ1v) is 16.4. The molecule has 0 saturated carbocycles. The lowest BCUT2D eigenvalue weighted by atomic mass is 9.89. The van der Waals surface area contributed by atoms with Gasteiger partial charge >= 0.3 is 0 Å². The third kappa shape index (κ3) is 6.52. The molecule has 2 atom stereocenters. The van der Waals surface area contributed by atoms with Gasteiger partial charge in [0.25, 0.3) is 0 Å². The summed E-state index contributed by atoms with van der Waals surface area (Å²) in [7, 11) is -3.73. The second-order valence-corrected chi connectivity index (χ2v) is 20.7. The van der Waals surface area contributed by atoms with Crippen molar-refractivity contribution in [3.05, 3.63) is 36.0 Å². The minimum atomic E-state index is -1.87. The third-order valence-electron chi connectivity index (χ3n) is 6.79. The zero-order valence-corrected chi connectivity index (χ0v) is 22.0. The van der Waals surface area contributed by atoms with E-state index >= 15 is 0 Å². The second-order valence-electron chi connectivity index (χ2n) is 11.1. The van der Waals surface area contributed by atoms with E-state index in [-0.39, 0.29) is 16.2 Å². The lowest BCUT2D eigenvalue weighted by Crippen LogP contribution is -2.44. The maximum absolute atomic E-state index is 10.7. The molecule has 0 aromatic rings. The van der Waals surface area contributed by atoms with Gasteiger partial charge in [-0.25, -0.2) is 0 Å². The van der Waals surface area contributed by atoms with Crippen molar-refractivity contribution < 1.29 is 14.0 Å². The van der Waals surface area contributed by atoms with Crippen LogP contribution in [0.5, 0.6) is 0 Å². The van der Waals surface area contributed by atoms with E-state index in [9.17, 15) is 5.11 Å². The number of aliphatic hydroxyl groups excluding tert-OH is 1. The molecule has 2 unspecified atom stereocenters. The summed E-state index contributed by atoms with van der Waals surface area (Å²) in [4.78, 5) is 0. The molecule has 1 aliphatic carbocycles. The summed E-state index contributed by atoms with van der Waals surface area (Å²) in [5.41, 5.74) is 1.98. The number of rotatable bonds is 7. The summed E-state index contributed by atoms with van der Waals surface area (Å²) in [5.74, 6) is 0. The highest BCUT2D eigenvalue weighted by Crippen LogP contribution is 2.40. The molecule has 28 heavy (non-hydrogen) atoms. The van der Waals surface area contributed by atoms with Gasteiger partial charge in [-0.3, -0.25) is 0 Å². The van der Waals surface area contributed by atoms with Gasteiger partial charge < -0.3 is 14.0 Å². The Morgan fingerprint density at radius 2 is 1.61 bits per heavy atom. The molecular weight excluding hydrogens is 380 g/mol. The smallest absolute Gasteiger partial charge is 0.192 e. The van der Waals surface area contributed by atoms with E-state index in [0.29, 0.717) is 6.61 Å². The number of hydrogen-bond donors (Lipinski definition) is 1. The van der Waals surface area contributed by atoms with Gasteiger partial charge in [0, 0.05) is 0 Å². The normalized spacial score (nSPS) is 22.8. The van der Waals surface area contributed by atoms with E-state index in [1.165, 1.54) is 0 Å². The highest BCUT2D eigenvalue weighted by atomic mass is 28.4. The fourth-order valence-corrected chi connectivity index (χ4v) is 4.93. The third-order valence-corrected chi connectivity index (χ3v) is 15.8. The average Bonchev–Trinajstić information content (AvgIpc) is 2.51. The van der Waals surface area contributed by atoms with Crippen LogP contribution in [0.25, 0.3) is 0 Å². The molecule has 5 heteroatoms. The summed E-state index contributed by atoms with van der Waals surface area (Å²) in [5, 5.41) is 11.0. The Bertz CT molecular complexity index is 604. The molecule has 162 valence electrons. The Kier molecular flexibility index (Phi) is 8.34. The van der Waals surface area contributed by atoms with Gasteiger partial charge in [0.05, 0.1) is 18.8 Å². The zero-order chi connectivity index (χ0) is 22.0. The van der Waals surface area contributed by atoms with Crippen molar-refractivity contribution in [1.82, 2.24) is 0 Å². The lowest BCUT2D eigenvalue weighted by molar-refractivity contribution is 0.140. The number of hydrogen-bond acceptors (Lipinski definition) is 3. The highest BCUT2D eigenvalue weighted by Gasteiger charge is 2.40. The fourth-order valence-electron chi connectivity index (χ4n) is 2.69. The van der Waals surface area contributed by atoms with Crippen molar-refractivity contribution in [3.63, 3.8) is 0 Å². The van der Waals surface area contributed by atoms with Crippen molar-refractivity contribution in [1.29, 1.82) is 0 Å². The van der Waals surface area contributed by atoms with E-state index in [0.717, 1.165) is 24.0 Å². The second kappa shape index (κ2) is 9.13. The van der Waals surface area contributed by atoms with Gasteiger partial charge in [-0.15, -0.1) is 0 Å². The van der Waals surface area contributed by atoms with Crippen LogP contribution in [0.2, 0.25) is 36.3 Å². The van der Waals surface area contributed by atoms with E-state index < -0.39 is 22.7 Å². The molecule has 0 saturated heterocycles. The first-order chi connectivity index (χ1) is 12.5. The molecule has 0 spiro atoms. The van der Waals surface area contributed by atoms with Crippen molar-refractivity contribution in [2.24, 2.45) is 0 Å². The van der Waals surface area contributed by atoms with Crippen molar-refractivity contribution in [2.75, 3.05) is 6.61 Å². The molecule has 0 radical (unpaired) electrons. The molecular formula is C23H44O3Si2. The number of aliphatic hydroxyl groups is 1. The minimum Gasteiger partial charge on any atom is -0.413 e. The first kappa shape index (κ1) is 25.6. The van der Waals surface area contributed by atoms with Crippen molar-refractivity contribution in [2.45, 2.75) is 103 Å². The van der Waals surface area contributed by atoms with Crippen LogP contribution >= 0.6 is 0 Å². The first-order valence-electron chi connectivity index (χ1n) is 10.6. The monoisotopic (exact) mass is 424 g/mol. The van der Waals surface area contributed by atoms with Crippen LogP contribution in [0.3, 0.4) is 0 Å². The Morgan fingerprint density at radius 3 is 2.07 bits per heavy atom. The molecule has 0 amide bonds. The quantitative estimate of drug-likeness (QED) is 0.370. The van der Waals surface area contributed by atoms with Crippen molar-refractivity contribution >= 4 is 16.6 Å². The minimum absolute atomic E-state index is 0.0559. The standard InChI is InChI=1S/C23H44O3Si2/c1-12-13-18(17-25-27(8,9)22(2,3)4)20-16-19(14-15-21(20)24)26-28(10,11)23(5,6)7/h12-13,16,19,21,24H,1,14-15,17H2,2-11H3/b18-13-. The maximum atomic E-state index is 10.7. The van der Waals surface area contributed by atoms with Gasteiger partial charge in [-0.2, -0.15) is 0 Å². The lowest BCUT2D eigenvalue weighted by Gasteiger charge is -2.40. The SMILES string of the molecule is C=C/C=C(/CO[Si](C)(C)C(C)(C)C)C1=CC(O[Si](C)(C)C(C)(C)C)CCC1O. The average molecular weight is 425 g/mol. The van der Waals surface area contributed by atoms with Crippen LogP contribution < -0.4 is 0 Å². The summed E-state index contributed by atoms with van der Waals surface area (Å²) in [6.45, 7) is 27.0. The van der Waals surface area contributed by atoms with Crippen LogP contribution in [0, 0.1) is 0 Å². The predicted octanol–water partition coefficient (Wildman–Crippen LogP) is 6.59. The largest absolute Gasteiger partial charge is 0.413 e. The molecule has 0 heterocycles. The van der Waals surface area contributed by atoms with Gasteiger partial charge in [-0.1, -0.05) is 66.3 Å². The summed E-state index contributed by atoms with van der Waals surface area (Å²) in [6.07, 6.45) is 7.09. The Morgan fingerprint density at radius 1 is 1.07 bits per heavy atom. The molecule has 0 bridgehead atoms. The molecule has 0 aromatic carbocycles. The predicted molar refractivity (Wildman–Crippen MR) is 127 cm³/mol. The molecule has 0 fully saturated rings. The van der Waals surface area contributed by atoms with Crippen LogP contribution in [-0.2, 0) is 8.85 Å². The summed E-state index contributed by atoms with van der Waals surface area (Å²) in [6, 6.07) is 0. The van der Waals surface area contributed by atoms with Gasteiger partial charge in [-0.05, 0) is 60.3 Å². The van der Waals surface area contributed by atoms with E-state index in [1.807, 2.05) is 6.08 Å². The molecule has 0 aromatic heterocycles. The van der Waals surface area contributed by atoms with Crippen LogP contribution in [0.1, 0.15) is 54.4 Å². The Balaban J connectivity index is 3.08. The van der Waals surface area contributed by atoms with E-state index in [4.69, 9.17) is 8.85 Å². The number of allylic oxidation sites excluding steroid dienone is 2. The molecule has 0 aliphatic heterocycles. The van der Waals surface area contributed by atoms with Gasteiger partial charge in [0.1, 0.15) is 0 Å². The van der Waals surface area contributed by atoms with E-state index in [1.54, 1.807) is 6.08 Å².